The molecule has 4 fully saturated rings. The Hall–Kier alpha value is -5.53. The summed E-state index contributed by atoms with van der Waals surface area (Å²) in [4.78, 5) is 59.9. The summed E-state index contributed by atoms with van der Waals surface area (Å²) in [7, 11) is 1.72. The van der Waals surface area contributed by atoms with Crippen molar-refractivity contribution in [2.24, 2.45) is 13.0 Å². The van der Waals surface area contributed by atoms with E-state index in [0.29, 0.717) is 43.4 Å². The van der Waals surface area contributed by atoms with E-state index >= 15 is 0 Å². The number of hydrogen-bond acceptors (Lipinski definition) is 11. The summed E-state index contributed by atoms with van der Waals surface area (Å²) in [5.41, 5.74) is 2.18. The third-order valence-electron chi connectivity index (χ3n) is 12.9. The van der Waals surface area contributed by atoms with E-state index in [2.05, 4.69) is 30.7 Å². The summed E-state index contributed by atoms with van der Waals surface area (Å²) in [6.07, 6.45) is 8.84. The van der Waals surface area contributed by atoms with Crippen molar-refractivity contribution in [2.45, 2.75) is 94.9 Å². The Morgan fingerprint density at radius 2 is 1.84 bits per heavy atom. The molecule has 1 aliphatic carbocycles. The van der Waals surface area contributed by atoms with Crippen LogP contribution in [-0.4, -0.2) is 113 Å². The molecular formula is C42H51F2N11O6. The van der Waals surface area contributed by atoms with E-state index < -0.39 is 36.1 Å². The minimum atomic E-state index is -2.87. The number of carbonyl (C=O) groups excluding carboxylic acids is 3. The van der Waals surface area contributed by atoms with Crippen molar-refractivity contribution in [1.82, 2.24) is 43.7 Å². The number of imidazole rings is 1. The Balaban J connectivity index is 0.727. The molecule has 3 N–H and O–H groups in total. The molecular weight excluding hydrogens is 793 g/mol. The number of alkyl halides is 2. The van der Waals surface area contributed by atoms with Crippen LogP contribution in [0.2, 0.25) is 0 Å². The van der Waals surface area contributed by atoms with Crippen molar-refractivity contribution in [1.29, 1.82) is 0 Å². The maximum Gasteiger partial charge on any atom is 0.329 e. The standard InChI is InChI=1S/C42H51F2N11O6/c1-50-37-26(4-2-6-32(37)55(42(50)60)33-11-12-35(57)48-41(33)59)5-3-19-61-29-13-16-51(17-14-29)21-25-7-9-27(10-8-25)54-24-31(36(49-54)38(43)44)46-40(58)30-20-45-53-18-15-34(47-39(30)53)52-22-28(56)23-52/h2,4,6,15,18,20,24-25,27-29,33,38,56H,3,5,7-14,16-17,19,21-23H2,1H3,(H,46,58)(H,48,57,59). The second kappa shape index (κ2) is 17.1. The first-order valence-electron chi connectivity index (χ1n) is 21.3. The summed E-state index contributed by atoms with van der Waals surface area (Å²) >= 11 is 0. The van der Waals surface area contributed by atoms with Crippen LogP contribution in [0.15, 0.2) is 47.7 Å². The first kappa shape index (κ1) is 40.9. The normalized spacial score (nSPS) is 22.0. The highest BCUT2D eigenvalue weighted by atomic mass is 19.3. The average molecular weight is 844 g/mol. The summed E-state index contributed by atoms with van der Waals surface area (Å²) in [6, 6.07) is 6.75. The number of aliphatic hydroxyl groups is 1. The number of fused-ring (bicyclic) bond motifs is 2. The molecule has 9 rings (SSSR count). The Morgan fingerprint density at radius 1 is 1.05 bits per heavy atom. The van der Waals surface area contributed by atoms with Gasteiger partial charge in [0.2, 0.25) is 11.8 Å². The maximum absolute atomic E-state index is 14.2. The third kappa shape index (κ3) is 8.29. The fraction of sp³-hybridized carbons (Fsp3) is 0.548. The van der Waals surface area contributed by atoms with Gasteiger partial charge in [0.1, 0.15) is 17.4 Å². The maximum atomic E-state index is 14.2. The van der Waals surface area contributed by atoms with Gasteiger partial charge in [0.05, 0.1) is 41.2 Å². The lowest BCUT2D eigenvalue weighted by Crippen LogP contribution is -2.51. The highest BCUT2D eigenvalue weighted by Gasteiger charge is 2.33. The van der Waals surface area contributed by atoms with Crippen molar-refractivity contribution >= 4 is 45.9 Å². The number of aromatic nitrogens is 7. The minimum absolute atomic E-state index is 0.0281. The first-order valence-corrected chi connectivity index (χ1v) is 21.3. The zero-order valence-electron chi connectivity index (χ0n) is 34.1. The Labute approximate surface area is 349 Å². The number of nitrogens with zero attached hydrogens (tertiary/aromatic N) is 9. The van der Waals surface area contributed by atoms with E-state index in [1.807, 2.05) is 23.1 Å². The van der Waals surface area contributed by atoms with Crippen molar-refractivity contribution < 1.29 is 33.0 Å². The largest absolute Gasteiger partial charge is 0.389 e. The van der Waals surface area contributed by atoms with Crippen LogP contribution in [0, 0.1) is 5.92 Å². The van der Waals surface area contributed by atoms with E-state index in [1.54, 1.807) is 28.6 Å². The second-order valence-electron chi connectivity index (χ2n) is 16.9. The molecule has 5 aromatic rings. The molecule has 0 radical (unpaired) electrons. The predicted molar refractivity (Wildman–Crippen MR) is 220 cm³/mol. The Morgan fingerprint density at radius 3 is 2.57 bits per heavy atom. The number of benzene rings is 1. The van der Waals surface area contributed by atoms with E-state index in [0.717, 1.165) is 82.1 Å². The number of para-hydroxylation sites is 1. The number of carbonyl (C=O) groups is 3. The summed E-state index contributed by atoms with van der Waals surface area (Å²) in [5, 5.41) is 23.2. The predicted octanol–water partition coefficient (Wildman–Crippen LogP) is 3.77. The van der Waals surface area contributed by atoms with Crippen LogP contribution in [0.3, 0.4) is 0 Å². The van der Waals surface area contributed by atoms with Gasteiger partial charge < -0.3 is 25.0 Å². The highest BCUT2D eigenvalue weighted by molar-refractivity contribution is 6.08. The third-order valence-corrected chi connectivity index (χ3v) is 12.9. The van der Waals surface area contributed by atoms with E-state index in [1.165, 1.54) is 21.5 Å². The minimum Gasteiger partial charge on any atom is -0.389 e. The SMILES string of the molecule is Cn1c(=O)n(C2CCC(=O)NC2=O)c2cccc(CCCOC3CCN(CC4CCC(n5cc(NC(=O)c6cnn7ccc(N8CC(O)C8)nc67)c(C(F)F)n5)CC4)CC3)c21. The summed E-state index contributed by atoms with van der Waals surface area (Å²) in [6.45, 7) is 4.36. The van der Waals surface area contributed by atoms with Gasteiger partial charge in [0, 0.05) is 65.2 Å². The molecule has 4 aliphatic rings. The molecule has 7 heterocycles. The smallest absolute Gasteiger partial charge is 0.329 e. The molecule has 0 bridgehead atoms. The van der Waals surface area contributed by atoms with Gasteiger partial charge in [-0.05, 0) is 81.4 Å². The molecule has 3 amide bonds. The molecule has 3 saturated heterocycles. The molecule has 4 aromatic heterocycles. The Bertz CT molecular complexity index is 2490. The molecule has 0 spiro atoms. The molecule has 19 heteroatoms. The lowest BCUT2D eigenvalue weighted by molar-refractivity contribution is -0.135. The van der Waals surface area contributed by atoms with Gasteiger partial charge in [0.15, 0.2) is 11.3 Å². The van der Waals surface area contributed by atoms with Crippen LogP contribution >= 0.6 is 0 Å². The number of β-amino-alcohol motifs (C(OH)–C–C–N with tert-alkyl or cyclic N) is 1. The topological polar surface area (TPSA) is 186 Å². The van der Waals surface area contributed by atoms with E-state index in [-0.39, 0.29) is 47.1 Å². The number of aryl methyl sites for hydroxylation is 2. The number of imide groups is 1. The molecule has 3 aliphatic heterocycles. The van der Waals surface area contributed by atoms with Crippen LogP contribution < -0.4 is 21.2 Å². The van der Waals surface area contributed by atoms with Gasteiger partial charge in [-0.2, -0.15) is 10.2 Å². The van der Waals surface area contributed by atoms with Crippen molar-refractivity contribution in [3.63, 3.8) is 0 Å². The number of rotatable bonds is 13. The van der Waals surface area contributed by atoms with Crippen LogP contribution in [0.4, 0.5) is 20.3 Å². The van der Waals surface area contributed by atoms with Crippen LogP contribution in [0.1, 0.15) is 97.9 Å². The quantitative estimate of drug-likeness (QED) is 0.116. The second-order valence-corrected chi connectivity index (χ2v) is 16.9. The van der Waals surface area contributed by atoms with Gasteiger partial charge >= 0.3 is 5.69 Å². The zero-order chi connectivity index (χ0) is 42.4. The number of amides is 3. The number of piperidine rings is 2. The van der Waals surface area contributed by atoms with Gasteiger partial charge in [-0.25, -0.2) is 23.1 Å². The number of nitrogens with one attached hydrogen (secondary N) is 2. The lowest BCUT2D eigenvalue weighted by Gasteiger charge is -2.36. The van der Waals surface area contributed by atoms with Gasteiger partial charge in [-0.1, -0.05) is 12.1 Å². The number of hydrogen-bond donors (Lipinski definition) is 3. The van der Waals surface area contributed by atoms with E-state index in [9.17, 15) is 33.1 Å². The van der Waals surface area contributed by atoms with Crippen molar-refractivity contribution in [3.05, 3.63) is 70.2 Å². The molecule has 1 saturated carbocycles. The van der Waals surface area contributed by atoms with Gasteiger partial charge in [-0.15, -0.1) is 0 Å². The number of halogens is 2. The number of anilines is 2. The highest BCUT2D eigenvalue weighted by Crippen LogP contribution is 2.36. The molecule has 1 atom stereocenters. The number of ether oxygens (including phenoxy) is 1. The monoisotopic (exact) mass is 843 g/mol. The Kier molecular flexibility index (Phi) is 11.4. The zero-order valence-corrected chi connectivity index (χ0v) is 34.1. The van der Waals surface area contributed by atoms with Gasteiger partial charge in [0.25, 0.3) is 12.3 Å². The van der Waals surface area contributed by atoms with E-state index in [4.69, 9.17) is 4.74 Å². The number of aliphatic hydroxyl groups excluding tert-OH is 1. The molecule has 1 unspecified atom stereocenters. The van der Waals surface area contributed by atoms with Crippen molar-refractivity contribution in [2.75, 3.05) is 49.5 Å². The first-order chi connectivity index (χ1) is 29.5. The fourth-order valence-electron chi connectivity index (χ4n) is 9.56. The molecule has 17 nitrogen and oxygen atoms in total. The summed E-state index contributed by atoms with van der Waals surface area (Å²) < 4.78 is 40.9. The number of likely N-dealkylation sites (tertiary alicyclic amines) is 1. The summed E-state index contributed by atoms with van der Waals surface area (Å²) in [5.74, 6) is -0.277. The van der Waals surface area contributed by atoms with Gasteiger partial charge in [-0.3, -0.25) is 33.5 Å². The van der Waals surface area contributed by atoms with Crippen LogP contribution in [0.5, 0.6) is 0 Å². The van der Waals surface area contributed by atoms with Crippen molar-refractivity contribution in [3.8, 4) is 0 Å². The molecule has 61 heavy (non-hydrogen) atoms. The van der Waals surface area contributed by atoms with Crippen LogP contribution in [0.25, 0.3) is 16.7 Å². The molecule has 324 valence electrons. The fourth-order valence-corrected chi connectivity index (χ4v) is 9.56. The van der Waals surface area contributed by atoms with Crippen LogP contribution in [-0.2, 0) is 27.8 Å². The average Bonchev–Trinajstić information content (AvgIpc) is 3.93. The molecule has 1 aromatic carbocycles. The lowest BCUT2D eigenvalue weighted by atomic mass is 9.85.